The molecule has 0 aliphatic heterocycles. The van der Waals surface area contributed by atoms with Crippen molar-refractivity contribution >= 4 is 5.95 Å². The lowest BCUT2D eigenvalue weighted by Crippen LogP contribution is -2.03. The number of halogens is 1. The Morgan fingerprint density at radius 1 is 1.17 bits per heavy atom. The molecule has 0 atom stereocenters. The van der Waals surface area contributed by atoms with E-state index >= 15 is 0 Å². The van der Waals surface area contributed by atoms with Gasteiger partial charge in [-0.25, -0.2) is 4.39 Å². The lowest BCUT2D eigenvalue weighted by molar-refractivity contribution is 0.360. The van der Waals surface area contributed by atoms with Crippen LogP contribution in [0.15, 0.2) is 24.3 Å². The van der Waals surface area contributed by atoms with Crippen LogP contribution in [0.25, 0.3) is 0 Å². The highest BCUT2D eigenvalue weighted by molar-refractivity contribution is 5.30. The van der Waals surface area contributed by atoms with Crippen LogP contribution in [0.2, 0.25) is 0 Å². The average molecular weight is 250 g/mol. The molecule has 1 N–H and O–H groups in total. The molecule has 0 fully saturated rings. The third-order valence-electron chi connectivity index (χ3n) is 2.01. The molecule has 7 heteroatoms. The van der Waals surface area contributed by atoms with Gasteiger partial charge in [0.2, 0.25) is 5.95 Å². The predicted molar refractivity (Wildman–Crippen MR) is 62.4 cm³/mol. The van der Waals surface area contributed by atoms with Gasteiger partial charge in [-0.3, -0.25) is 0 Å². The number of anilines is 1. The molecule has 0 amide bonds. The SMILES string of the molecule is CNc1nc(OC)nc(Oc2cccc(F)c2)n1. The van der Waals surface area contributed by atoms with Gasteiger partial charge in [0.15, 0.2) is 0 Å². The van der Waals surface area contributed by atoms with Crippen LogP contribution in [0.4, 0.5) is 10.3 Å². The fraction of sp³-hybridized carbons (Fsp3) is 0.182. The van der Waals surface area contributed by atoms with Crippen molar-refractivity contribution in [2.24, 2.45) is 0 Å². The molecule has 2 aromatic rings. The smallest absolute Gasteiger partial charge is 0.330 e. The molecule has 1 heterocycles. The number of benzene rings is 1. The number of rotatable bonds is 4. The van der Waals surface area contributed by atoms with Gasteiger partial charge >= 0.3 is 12.0 Å². The van der Waals surface area contributed by atoms with Crippen LogP contribution >= 0.6 is 0 Å². The van der Waals surface area contributed by atoms with E-state index in [0.29, 0.717) is 11.7 Å². The molecule has 0 bridgehead atoms. The number of hydrogen-bond acceptors (Lipinski definition) is 6. The number of aromatic nitrogens is 3. The number of nitrogens with one attached hydrogen (secondary N) is 1. The minimum absolute atomic E-state index is 0.0248. The molecular weight excluding hydrogens is 239 g/mol. The average Bonchev–Trinajstić information content (AvgIpc) is 2.38. The predicted octanol–water partition coefficient (Wildman–Crippen LogP) is 1.85. The minimum Gasteiger partial charge on any atom is -0.467 e. The maximum Gasteiger partial charge on any atom is 0.330 e. The van der Waals surface area contributed by atoms with Gasteiger partial charge in [0.05, 0.1) is 7.11 Å². The second kappa shape index (κ2) is 5.26. The van der Waals surface area contributed by atoms with Crippen LogP contribution in [0.5, 0.6) is 17.8 Å². The molecule has 2 rings (SSSR count). The summed E-state index contributed by atoms with van der Waals surface area (Å²) < 4.78 is 23.2. The molecule has 0 aliphatic rings. The Hall–Kier alpha value is -2.44. The summed E-state index contributed by atoms with van der Waals surface area (Å²) in [5.41, 5.74) is 0. The second-order valence-corrected chi connectivity index (χ2v) is 3.24. The first-order chi connectivity index (χ1) is 8.71. The number of methoxy groups -OCH3 is 1. The van der Waals surface area contributed by atoms with E-state index in [0.717, 1.165) is 0 Å². The zero-order valence-electron chi connectivity index (χ0n) is 9.85. The molecule has 0 radical (unpaired) electrons. The Labute approximate surface area is 103 Å². The van der Waals surface area contributed by atoms with E-state index in [2.05, 4.69) is 20.3 Å². The number of nitrogens with zero attached hydrogens (tertiary/aromatic N) is 3. The maximum atomic E-state index is 13.0. The van der Waals surface area contributed by atoms with Crippen molar-refractivity contribution in [3.05, 3.63) is 30.1 Å². The van der Waals surface area contributed by atoms with Gasteiger partial charge in [0.1, 0.15) is 11.6 Å². The van der Waals surface area contributed by atoms with E-state index in [9.17, 15) is 4.39 Å². The van der Waals surface area contributed by atoms with Crippen LogP contribution in [0.3, 0.4) is 0 Å². The summed E-state index contributed by atoms with van der Waals surface area (Å²) in [5, 5.41) is 2.74. The van der Waals surface area contributed by atoms with Crippen LogP contribution < -0.4 is 14.8 Å². The van der Waals surface area contributed by atoms with Gasteiger partial charge in [-0.05, 0) is 12.1 Å². The molecule has 18 heavy (non-hydrogen) atoms. The Balaban J connectivity index is 2.28. The Morgan fingerprint density at radius 2 is 1.94 bits per heavy atom. The zero-order chi connectivity index (χ0) is 13.0. The van der Waals surface area contributed by atoms with Crippen LogP contribution in [0, 0.1) is 5.82 Å². The highest BCUT2D eigenvalue weighted by Gasteiger charge is 2.08. The van der Waals surface area contributed by atoms with E-state index in [1.165, 1.54) is 25.3 Å². The van der Waals surface area contributed by atoms with Crippen molar-refractivity contribution in [1.82, 2.24) is 15.0 Å². The van der Waals surface area contributed by atoms with Gasteiger partial charge in [0.25, 0.3) is 0 Å². The van der Waals surface area contributed by atoms with E-state index in [4.69, 9.17) is 9.47 Å². The van der Waals surface area contributed by atoms with Crippen LogP contribution in [0.1, 0.15) is 0 Å². The molecule has 0 spiro atoms. The molecule has 0 unspecified atom stereocenters. The standard InChI is InChI=1S/C11H11FN4O2/c1-13-9-14-10(17-2)16-11(15-9)18-8-5-3-4-7(12)6-8/h3-6H,1-2H3,(H,13,14,15,16). The first-order valence-electron chi connectivity index (χ1n) is 5.12. The largest absolute Gasteiger partial charge is 0.467 e. The summed E-state index contributed by atoms with van der Waals surface area (Å²) in [6.07, 6.45) is 0. The Morgan fingerprint density at radius 3 is 2.61 bits per heavy atom. The molecule has 94 valence electrons. The van der Waals surface area contributed by atoms with Gasteiger partial charge in [-0.15, -0.1) is 4.98 Å². The van der Waals surface area contributed by atoms with Crippen molar-refractivity contribution in [3.8, 4) is 17.8 Å². The Bertz CT molecular complexity index is 528. The van der Waals surface area contributed by atoms with E-state index in [-0.39, 0.29) is 12.0 Å². The lowest BCUT2D eigenvalue weighted by atomic mass is 10.3. The zero-order valence-corrected chi connectivity index (χ0v) is 9.85. The minimum atomic E-state index is -0.401. The highest BCUT2D eigenvalue weighted by atomic mass is 19.1. The van der Waals surface area contributed by atoms with Gasteiger partial charge in [-0.1, -0.05) is 6.07 Å². The van der Waals surface area contributed by atoms with Crippen molar-refractivity contribution in [1.29, 1.82) is 0 Å². The first-order valence-corrected chi connectivity index (χ1v) is 5.12. The van der Waals surface area contributed by atoms with Crippen molar-refractivity contribution in [2.75, 3.05) is 19.5 Å². The highest BCUT2D eigenvalue weighted by Crippen LogP contribution is 2.20. The van der Waals surface area contributed by atoms with E-state index in [1.54, 1.807) is 13.1 Å². The fourth-order valence-electron chi connectivity index (χ4n) is 1.22. The Kier molecular flexibility index (Phi) is 3.52. The van der Waals surface area contributed by atoms with Crippen molar-refractivity contribution in [3.63, 3.8) is 0 Å². The molecule has 1 aromatic carbocycles. The summed E-state index contributed by atoms with van der Waals surface area (Å²) in [6, 6.07) is 5.81. The van der Waals surface area contributed by atoms with Crippen LogP contribution in [-0.4, -0.2) is 29.1 Å². The summed E-state index contributed by atoms with van der Waals surface area (Å²) in [6.45, 7) is 0. The quantitative estimate of drug-likeness (QED) is 0.893. The van der Waals surface area contributed by atoms with Gasteiger partial charge in [0, 0.05) is 13.1 Å². The van der Waals surface area contributed by atoms with Crippen molar-refractivity contribution in [2.45, 2.75) is 0 Å². The molecule has 0 saturated carbocycles. The third-order valence-corrected chi connectivity index (χ3v) is 2.01. The molecule has 0 saturated heterocycles. The topological polar surface area (TPSA) is 69.2 Å². The summed E-state index contributed by atoms with van der Waals surface area (Å²) in [7, 11) is 3.08. The monoisotopic (exact) mass is 250 g/mol. The summed E-state index contributed by atoms with van der Waals surface area (Å²) in [5.74, 6) is 0.195. The molecular formula is C11H11FN4O2. The van der Waals surface area contributed by atoms with Gasteiger partial charge in [-0.2, -0.15) is 9.97 Å². The normalized spacial score (nSPS) is 9.94. The molecule has 6 nitrogen and oxygen atoms in total. The molecule has 0 aliphatic carbocycles. The first kappa shape index (κ1) is 12.0. The van der Waals surface area contributed by atoms with E-state index in [1.807, 2.05) is 0 Å². The number of hydrogen-bond donors (Lipinski definition) is 1. The molecule has 1 aromatic heterocycles. The second-order valence-electron chi connectivity index (χ2n) is 3.24. The summed E-state index contributed by atoms with van der Waals surface area (Å²) in [4.78, 5) is 11.8. The summed E-state index contributed by atoms with van der Waals surface area (Å²) >= 11 is 0. The fourth-order valence-corrected chi connectivity index (χ4v) is 1.22. The van der Waals surface area contributed by atoms with Crippen molar-refractivity contribution < 1.29 is 13.9 Å². The number of ether oxygens (including phenoxy) is 2. The van der Waals surface area contributed by atoms with E-state index < -0.39 is 5.82 Å². The third kappa shape index (κ3) is 2.82. The van der Waals surface area contributed by atoms with Crippen LogP contribution in [-0.2, 0) is 0 Å². The maximum absolute atomic E-state index is 13.0. The van der Waals surface area contributed by atoms with Gasteiger partial charge < -0.3 is 14.8 Å². The lowest BCUT2D eigenvalue weighted by Gasteiger charge is -2.06.